The Balaban J connectivity index is 1.56. The molecule has 1 N–H and O–H groups in total. The predicted octanol–water partition coefficient (Wildman–Crippen LogP) is 4.58. The molecule has 0 saturated heterocycles. The van der Waals surface area contributed by atoms with E-state index in [1.807, 2.05) is 63.2 Å². The van der Waals surface area contributed by atoms with Gasteiger partial charge in [0, 0.05) is 30.0 Å². The Morgan fingerprint density at radius 1 is 1.10 bits per heavy atom. The van der Waals surface area contributed by atoms with Gasteiger partial charge in [-0.25, -0.2) is 0 Å². The maximum Gasteiger partial charge on any atom is 0.227 e. The number of amides is 2. The SMILES string of the molecule is COc1cc(C(C)NC(=O)CCC(=O)N2CCSc3ccccc32)ccc1OC(C)C. The monoisotopic (exact) mass is 442 g/mol. The quantitative estimate of drug-likeness (QED) is 0.648. The zero-order valence-electron chi connectivity index (χ0n) is 18.5. The van der Waals surface area contributed by atoms with Crippen LogP contribution in [0.3, 0.4) is 0 Å². The van der Waals surface area contributed by atoms with Crippen LogP contribution in [0, 0.1) is 0 Å². The molecule has 0 spiro atoms. The molecule has 0 fully saturated rings. The average molecular weight is 443 g/mol. The summed E-state index contributed by atoms with van der Waals surface area (Å²) >= 11 is 1.75. The van der Waals surface area contributed by atoms with Crippen LogP contribution in [-0.2, 0) is 9.59 Å². The Bertz CT molecular complexity index is 932. The third-order valence-corrected chi connectivity index (χ3v) is 6.07. The van der Waals surface area contributed by atoms with E-state index in [0.717, 1.165) is 21.9 Å². The average Bonchev–Trinajstić information content (AvgIpc) is 2.76. The van der Waals surface area contributed by atoms with E-state index in [4.69, 9.17) is 9.47 Å². The number of methoxy groups -OCH3 is 1. The maximum absolute atomic E-state index is 12.7. The molecule has 1 unspecified atom stereocenters. The molecule has 0 aromatic heterocycles. The number of ether oxygens (including phenoxy) is 2. The summed E-state index contributed by atoms with van der Waals surface area (Å²) in [5.74, 6) is 1.99. The molecule has 2 aromatic rings. The number of carbonyl (C=O) groups excluding carboxylic acids is 2. The van der Waals surface area contributed by atoms with Gasteiger partial charge >= 0.3 is 0 Å². The predicted molar refractivity (Wildman–Crippen MR) is 124 cm³/mol. The molecular weight excluding hydrogens is 412 g/mol. The van der Waals surface area contributed by atoms with E-state index in [1.54, 1.807) is 23.8 Å². The van der Waals surface area contributed by atoms with Crippen molar-refractivity contribution in [3.63, 3.8) is 0 Å². The van der Waals surface area contributed by atoms with Gasteiger partial charge in [0.25, 0.3) is 0 Å². The molecule has 0 radical (unpaired) electrons. The summed E-state index contributed by atoms with van der Waals surface area (Å²) in [4.78, 5) is 28.1. The number of rotatable bonds is 8. The Morgan fingerprint density at radius 3 is 2.61 bits per heavy atom. The van der Waals surface area contributed by atoms with Crippen molar-refractivity contribution in [3.8, 4) is 11.5 Å². The number of thioether (sulfide) groups is 1. The third-order valence-electron chi connectivity index (χ3n) is 5.02. The zero-order valence-corrected chi connectivity index (χ0v) is 19.3. The van der Waals surface area contributed by atoms with Gasteiger partial charge in [-0.15, -0.1) is 11.8 Å². The van der Waals surface area contributed by atoms with Gasteiger partial charge in [0.1, 0.15) is 0 Å². The number of nitrogens with one attached hydrogen (secondary N) is 1. The minimum atomic E-state index is -0.211. The first kappa shape index (κ1) is 23.0. The van der Waals surface area contributed by atoms with Gasteiger partial charge in [-0.2, -0.15) is 0 Å². The normalized spacial score (nSPS) is 14.0. The van der Waals surface area contributed by atoms with E-state index in [-0.39, 0.29) is 36.8 Å². The second-order valence-electron chi connectivity index (χ2n) is 7.73. The van der Waals surface area contributed by atoms with Crippen LogP contribution in [0.5, 0.6) is 11.5 Å². The van der Waals surface area contributed by atoms with Crippen LogP contribution in [0.2, 0.25) is 0 Å². The number of nitrogens with zero attached hydrogens (tertiary/aromatic N) is 1. The number of hydrogen-bond acceptors (Lipinski definition) is 5. The number of benzene rings is 2. The van der Waals surface area contributed by atoms with Gasteiger partial charge in [-0.05, 0) is 50.6 Å². The van der Waals surface area contributed by atoms with Gasteiger partial charge in [0.2, 0.25) is 11.8 Å². The van der Waals surface area contributed by atoms with E-state index in [0.29, 0.717) is 18.0 Å². The topological polar surface area (TPSA) is 67.9 Å². The van der Waals surface area contributed by atoms with E-state index >= 15 is 0 Å². The lowest BCUT2D eigenvalue weighted by Crippen LogP contribution is -2.36. The minimum Gasteiger partial charge on any atom is -0.493 e. The first-order chi connectivity index (χ1) is 14.9. The van der Waals surface area contributed by atoms with Crippen LogP contribution in [-0.4, -0.2) is 37.3 Å². The molecule has 0 aliphatic carbocycles. The third kappa shape index (κ3) is 5.94. The summed E-state index contributed by atoms with van der Waals surface area (Å²) in [6, 6.07) is 13.3. The second kappa shape index (κ2) is 10.6. The molecule has 2 amide bonds. The van der Waals surface area contributed by atoms with Crippen LogP contribution < -0.4 is 19.7 Å². The Labute approximate surface area is 188 Å². The lowest BCUT2D eigenvalue weighted by Gasteiger charge is -2.29. The number of hydrogen-bond donors (Lipinski definition) is 1. The molecule has 7 heteroatoms. The summed E-state index contributed by atoms with van der Waals surface area (Å²) in [6.45, 7) is 6.50. The van der Waals surface area contributed by atoms with Crippen LogP contribution in [0.25, 0.3) is 0 Å². The van der Waals surface area contributed by atoms with Crippen molar-refractivity contribution in [1.29, 1.82) is 0 Å². The Kier molecular flexibility index (Phi) is 7.85. The highest BCUT2D eigenvalue weighted by molar-refractivity contribution is 7.99. The van der Waals surface area contributed by atoms with Crippen molar-refractivity contribution in [2.24, 2.45) is 0 Å². The highest BCUT2D eigenvalue weighted by atomic mass is 32.2. The van der Waals surface area contributed by atoms with E-state index in [9.17, 15) is 9.59 Å². The molecule has 0 saturated carbocycles. The van der Waals surface area contributed by atoms with Gasteiger partial charge in [-0.1, -0.05) is 18.2 Å². The second-order valence-corrected chi connectivity index (χ2v) is 8.86. The molecule has 1 aliphatic heterocycles. The molecular formula is C24H30N2O4S. The van der Waals surface area contributed by atoms with Crippen molar-refractivity contribution in [2.45, 2.75) is 50.7 Å². The van der Waals surface area contributed by atoms with Crippen LogP contribution in [0.1, 0.15) is 45.2 Å². The first-order valence-electron chi connectivity index (χ1n) is 10.5. The fourth-order valence-electron chi connectivity index (χ4n) is 3.49. The minimum absolute atomic E-state index is 0.0209. The standard InChI is InChI=1S/C24H30N2O4S/c1-16(2)30-20-10-9-18(15-21(20)29-4)17(3)25-23(27)11-12-24(28)26-13-14-31-22-8-6-5-7-19(22)26/h5-10,15-17H,11-14H2,1-4H3,(H,25,27). The van der Waals surface area contributed by atoms with Gasteiger partial charge in [-0.3, -0.25) is 9.59 Å². The van der Waals surface area contributed by atoms with Crippen molar-refractivity contribution >= 4 is 29.3 Å². The lowest BCUT2D eigenvalue weighted by molar-refractivity contribution is -0.125. The first-order valence-corrected chi connectivity index (χ1v) is 11.5. The molecule has 1 aliphatic rings. The number of fused-ring (bicyclic) bond motifs is 1. The zero-order chi connectivity index (χ0) is 22.4. The van der Waals surface area contributed by atoms with E-state index in [1.165, 1.54) is 0 Å². The summed E-state index contributed by atoms with van der Waals surface area (Å²) in [5, 5.41) is 2.98. The Hall–Kier alpha value is -2.67. The van der Waals surface area contributed by atoms with Gasteiger partial charge < -0.3 is 19.7 Å². The summed E-state index contributed by atoms with van der Waals surface area (Å²) in [5.41, 5.74) is 1.85. The highest BCUT2D eigenvalue weighted by Crippen LogP contribution is 2.35. The molecule has 6 nitrogen and oxygen atoms in total. The van der Waals surface area contributed by atoms with Crippen LogP contribution in [0.4, 0.5) is 5.69 Å². The smallest absolute Gasteiger partial charge is 0.227 e. The molecule has 1 heterocycles. The largest absolute Gasteiger partial charge is 0.493 e. The van der Waals surface area contributed by atoms with Crippen molar-refractivity contribution in [1.82, 2.24) is 5.32 Å². The molecule has 166 valence electrons. The summed E-state index contributed by atoms with van der Waals surface area (Å²) in [7, 11) is 1.60. The molecule has 2 aromatic carbocycles. The number of para-hydroxylation sites is 1. The fourth-order valence-corrected chi connectivity index (χ4v) is 4.48. The van der Waals surface area contributed by atoms with Crippen molar-refractivity contribution in [2.75, 3.05) is 24.3 Å². The van der Waals surface area contributed by atoms with E-state index in [2.05, 4.69) is 5.32 Å². The van der Waals surface area contributed by atoms with Gasteiger partial charge in [0.05, 0.1) is 24.9 Å². The lowest BCUT2D eigenvalue weighted by atomic mass is 10.1. The molecule has 0 bridgehead atoms. The number of carbonyl (C=O) groups is 2. The molecule has 3 rings (SSSR count). The van der Waals surface area contributed by atoms with Crippen LogP contribution >= 0.6 is 11.8 Å². The maximum atomic E-state index is 12.7. The van der Waals surface area contributed by atoms with Crippen LogP contribution in [0.15, 0.2) is 47.4 Å². The summed E-state index contributed by atoms with van der Waals surface area (Å²) < 4.78 is 11.2. The highest BCUT2D eigenvalue weighted by Gasteiger charge is 2.23. The van der Waals surface area contributed by atoms with E-state index < -0.39 is 0 Å². The van der Waals surface area contributed by atoms with Gasteiger partial charge in [0.15, 0.2) is 11.5 Å². The summed E-state index contributed by atoms with van der Waals surface area (Å²) in [6.07, 6.45) is 0.378. The molecule has 1 atom stereocenters. The van der Waals surface area contributed by atoms with Crippen molar-refractivity contribution in [3.05, 3.63) is 48.0 Å². The fraction of sp³-hybridized carbons (Fsp3) is 0.417. The van der Waals surface area contributed by atoms with Crippen molar-refractivity contribution < 1.29 is 19.1 Å². The molecule has 31 heavy (non-hydrogen) atoms. The number of anilines is 1. The Morgan fingerprint density at radius 2 is 1.87 bits per heavy atom.